The topological polar surface area (TPSA) is 49.8 Å². The molecule has 4 atom stereocenters. The van der Waals surface area contributed by atoms with Gasteiger partial charge in [-0.1, -0.05) is 19.8 Å². The summed E-state index contributed by atoms with van der Waals surface area (Å²) in [7, 11) is 0. The quantitative estimate of drug-likeness (QED) is 0.849. The molecule has 2 aliphatic rings. The van der Waals surface area contributed by atoms with E-state index >= 15 is 0 Å². The summed E-state index contributed by atoms with van der Waals surface area (Å²) in [5, 5.41) is 10.6. The molecule has 0 aromatic carbocycles. The number of aliphatic hydroxyl groups excluding tert-OH is 1. The van der Waals surface area contributed by atoms with Gasteiger partial charge in [0.15, 0.2) is 0 Å². The van der Waals surface area contributed by atoms with Crippen molar-refractivity contribution in [3.8, 4) is 0 Å². The lowest BCUT2D eigenvalue weighted by Gasteiger charge is -2.33. The first-order chi connectivity index (χ1) is 9.76. The lowest BCUT2D eigenvalue weighted by atomic mass is 9.76. The van der Waals surface area contributed by atoms with Crippen molar-refractivity contribution in [1.82, 2.24) is 4.90 Å². The van der Waals surface area contributed by atoms with Crippen molar-refractivity contribution in [2.24, 2.45) is 17.8 Å². The van der Waals surface area contributed by atoms with Crippen molar-refractivity contribution in [3.05, 3.63) is 0 Å². The Morgan fingerprint density at radius 3 is 2.57 bits per heavy atom. The van der Waals surface area contributed by atoms with E-state index in [-0.39, 0.29) is 18.1 Å². The number of rotatable bonds is 2. The zero-order valence-corrected chi connectivity index (χ0v) is 14.0. The van der Waals surface area contributed by atoms with Gasteiger partial charge in [0.05, 0.1) is 6.10 Å². The average molecular weight is 297 g/mol. The molecule has 122 valence electrons. The van der Waals surface area contributed by atoms with Crippen LogP contribution in [0.1, 0.15) is 59.8 Å². The maximum atomic E-state index is 12.1. The Morgan fingerprint density at radius 2 is 1.95 bits per heavy atom. The minimum atomic E-state index is -0.452. The molecule has 4 heteroatoms. The largest absolute Gasteiger partial charge is 0.444 e. The normalized spacial score (nSPS) is 32.0. The van der Waals surface area contributed by atoms with Gasteiger partial charge in [-0.2, -0.15) is 0 Å². The zero-order chi connectivity index (χ0) is 15.6. The summed E-state index contributed by atoms with van der Waals surface area (Å²) in [6, 6.07) is 0. The average Bonchev–Trinajstić information content (AvgIpc) is 2.85. The van der Waals surface area contributed by atoms with E-state index in [2.05, 4.69) is 6.92 Å². The molecule has 1 saturated carbocycles. The Kier molecular flexibility index (Phi) is 5.18. The lowest BCUT2D eigenvalue weighted by Crippen LogP contribution is -2.38. The van der Waals surface area contributed by atoms with Crippen LogP contribution >= 0.6 is 0 Å². The van der Waals surface area contributed by atoms with E-state index in [9.17, 15) is 9.90 Å². The van der Waals surface area contributed by atoms with Crippen molar-refractivity contribution >= 4 is 6.09 Å². The first-order valence-corrected chi connectivity index (χ1v) is 8.42. The van der Waals surface area contributed by atoms with E-state index in [1.54, 1.807) is 4.90 Å². The Labute approximate surface area is 128 Å². The van der Waals surface area contributed by atoms with Crippen molar-refractivity contribution in [1.29, 1.82) is 0 Å². The van der Waals surface area contributed by atoms with E-state index in [4.69, 9.17) is 4.74 Å². The molecule has 4 nitrogen and oxygen atoms in total. The molecular formula is C17H31NO3. The van der Waals surface area contributed by atoms with E-state index in [0.717, 1.165) is 25.2 Å². The number of carbonyl (C=O) groups is 1. The fourth-order valence-corrected chi connectivity index (χ4v) is 3.73. The molecule has 1 heterocycles. The van der Waals surface area contributed by atoms with Crippen LogP contribution < -0.4 is 0 Å². The zero-order valence-electron chi connectivity index (χ0n) is 14.0. The standard InChI is InChI=1S/C17H31NO3/c1-12-6-5-7-13(10-12)15(19)14-8-9-18(11-14)16(20)21-17(2,3)4/h12-15,19H,5-11H2,1-4H3. The summed E-state index contributed by atoms with van der Waals surface area (Å²) in [5.74, 6) is 1.35. The van der Waals surface area contributed by atoms with Crippen LogP contribution in [-0.2, 0) is 4.74 Å². The summed E-state index contributed by atoms with van der Waals surface area (Å²) >= 11 is 0. The lowest BCUT2D eigenvalue weighted by molar-refractivity contribution is 0.0158. The van der Waals surface area contributed by atoms with Gasteiger partial charge in [-0.25, -0.2) is 4.79 Å². The predicted octanol–water partition coefficient (Wildman–Crippen LogP) is 3.43. The van der Waals surface area contributed by atoms with Crippen molar-refractivity contribution in [3.63, 3.8) is 0 Å². The van der Waals surface area contributed by atoms with Crippen LogP contribution in [0.5, 0.6) is 0 Å². The highest BCUT2D eigenvalue weighted by Crippen LogP contribution is 2.35. The highest BCUT2D eigenvalue weighted by Gasteiger charge is 2.37. The molecule has 0 spiro atoms. The fourth-order valence-electron chi connectivity index (χ4n) is 3.73. The van der Waals surface area contributed by atoms with Gasteiger partial charge >= 0.3 is 6.09 Å². The molecule has 2 fully saturated rings. The molecule has 0 radical (unpaired) electrons. The summed E-state index contributed by atoms with van der Waals surface area (Å²) in [4.78, 5) is 13.8. The Balaban J connectivity index is 1.85. The molecule has 0 aromatic rings. The Bertz CT molecular complexity index is 364. The maximum Gasteiger partial charge on any atom is 0.410 e. The van der Waals surface area contributed by atoms with Gasteiger partial charge in [-0.05, 0) is 51.9 Å². The molecule has 0 aromatic heterocycles. The van der Waals surface area contributed by atoms with Crippen LogP contribution in [0, 0.1) is 17.8 Å². The molecule has 1 amide bonds. The number of carbonyl (C=O) groups excluding carboxylic acids is 1. The minimum Gasteiger partial charge on any atom is -0.444 e. The molecule has 4 unspecified atom stereocenters. The predicted molar refractivity (Wildman–Crippen MR) is 83.0 cm³/mol. The summed E-state index contributed by atoms with van der Waals surface area (Å²) in [6.07, 6.45) is 5.17. The third-order valence-corrected chi connectivity index (χ3v) is 4.82. The number of hydrogen-bond acceptors (Lipinski definition) is 3. The van der Waals surface area contributed by atoms with Crippen LogP contribution in [0.2, 0.25) is 0 Å². The van der Waals surface area contributed by atoms with Gasteiger partial charge < -0.3 is 14.7 Å². The monoisotopic (exact) mass is 297 g/mol. The highest BCUT2D eigenvalue weighted by atomic mass is 16.6. The van der Waals surface area contributed by atoms with Crippen molar-refractivity contribution in [2.75, 3.05) is 13.1 Å². The van der Waals surface area contributed by atoms with E-state index in [0.29, 0.717) is 19.0 Å². The SMILES string of the molecule is CC1CCCC(C(O)C2CCN(C(=O)OC(C)(C)C)C2)C1. The third-order valence-electron chi connectivity index (χ3n) is 4.82. The van der Waals surface area contributed by atoms with Gasteiger partial charge in [0, 0.05) is 19.0 Å². The maximum absolute atomic E-state index is 12.1. The third kappa shape index (κ3) is 4.60. The molecule has 21 heavy (non-hydrogen) atoms. The molecule has 1 aliphatic carbocycles. The van der Waals surface area contributed by atoms with Crippen LogP contribution in [-0.4, -0.2) is 40.9 Å². The van der Waals surface area contributed by atoms with Crippen LogP contribution in [0.15, 0.2) is 0 Å². The van der Waals surface area contributed by atoms with Gasteiger partial charge in [-0.15, -0.1) is 0 Å². The smallest absolute Gasteiger partial charge is 0.410 e. The second-order valence-electron chi connectivity index (χ2n) is 8.00. The molecule has 1 aliphatic heterocycles. The molecular weight excluding hydrogens is 266 g/mol. The molecule has 2 rings (SSSR count). The van der Waals surface area contributed by atoms with Crippen LogP contribution in [0.25, 0.3) is 0 Å². The Hall–Kier alpha value is -0.770. The highest BCUT2D eigenvalue weighted by molar-refractivity contribution is 5.68. The minimum absolute atomic E-state index is 0.216. The first-order valence-electron chi connectivity index (χ1n) is 8.42. The fraction of sp³-hybridized carbons (Fsp3) is 0.941. The second-order valence-corrected chi connectivity index (χ2v) is 8.00. The molecule has 1 N–H and O–H groups in total. The van der Waals surface area contributed by atoms with Gasteiger partial charge in [0.25, 0.3) is 0 Å². The summed E-state index contributed by atoms with van der Waals surface area (Å²) in [5.41, 5.74) is -0.452. The number of ether oxygens (including phenoxy) is 1. The number of likely N-dealkylation sites (tertiary alicyclic amines) is 1. The van der Waals surface area contributed by atoms with E-state index in [1.807, 2.05) is 20.8 Å². The van der Waals surface area contributed by atoms with Crippen LogP contribution in [0.3, 0.4) is 0 Å². The molecule has 0 bridgehead atoms. The van der Waals surface area contributed by atoms with Gasteiger partial charge in [0.1, 0.15) is 5.60 Å². The summed E-state index contributed by atoms with van der Waals surface area (Å²) in [6.45, 7) is 9.28. The Morgan fingerprint density at radius 1 is 1.24 bits per heavy atom. The van der Waals surface area contributed by atoms with E-state index < -0.39 is 5.60 Å². The van der Waals surface area contributed by atoms with Gasteiger partial charge in [0.2, 0.25) is 0 Å². The number of nitrogens with zero attached hydrogens (tertiary/aromatic N) is 1. The number of amides is 1. The van der Waals surface area contributed by atoms with Crippen molar-refractivity contribution < 1.29 is 14.6 Å². The van der Waals surface area contributed by atoms with Crippen molar-refractivity contribution in [2.45, 2.75) is 71.5 Å². The number of aliphatic hydroxyl groups is 1. The second kappa shape index (κ2) is 6.55. The van der Waals surface area contributed by atoms with Crippen LogP contribution in [0.4, 0.5) is 4.79 Å². The van der Waals surface area contributed by atoms with Gasteiger partial charge in [-0.3, -0.25) is 0 Å². The van der Waals surface area contributed by atoms with E-state index in [1.165, 1.54) is 12.8 Å². The summed E-state index contributed by atoms with van der Waals surface area (Å²) < 4.78 is 5.42. The molecule has 1 saturated heterocycles. The first kappa shape index (κ1) is 16.6. The number of hydrogen-bond donors (Lipinski definition) is 1.